The van der Waals surface area contributed by atoms with Crippen molar-refractivity contribution in [2.24, 2.45) is 7.05 Å². The Morgan fingerprint density at radius 1 is 0.958 bits per heavy atom. The van der Waals surface area contributed by atoms with E-state index < -0.39 is 0 Å². The molecule has 2 nitrogen and oxygen atoms in total. The van der Waals surface area contributed by atoms with Gasteiger partial charge in [0.1, 0.15) is 24.3 Å². The second-order valence-electron chi connectivity index (χ2n) is 6.15. The van der Waals surface area contributed by atoms with Crippen LogP contribution in [0, 0.1) is 25.5 Å². The number of fused-ring (bicyclic) bond motifs is 3. The van der Waals surface area contributed by atoms with E-state index in [-0.39, 0.29) is 11.6 Å². The summed E-state index contributed by atoms with van der Waals surface area (Å²) in [6, 6.07) is 10.0. The quantitative estimate of drug-likeness (QED) is 0.452. The van der Waals surface area contributed by atoms with Crippen molar-refractivity contribution in [2.45, 2.75) is 13.8 Å². The van der Waals surface area contributed by atoms with Gasteiger partial charge in [0, 0.05) is 23.6 Å². The van der Waals surface area contributed by atoms with E-state index in [4.69, 9.17) is 4.42 Å². The Hall–Kier alpha value is -2.75. The molecule has 0 N–H and O–H groups in total. The molecular weight excluding hydrogens is 308 g/mol. The molecule has 120 valence electrons. The largest absolute Gasteiger partial charge is 0.455 e. The highest BCUT2D eigenvalue weighted by molar-refractivity contribution is 6.11. The summed E-state index contributed by atoms with van der Waals surface area (Å²) in [5, 5.41) is 1.04. The molecule has 0 bridgehead atoms. The van der Waals surface area contributed by atoms with E-state index in [0.717, 1.165) is 16.8 Å². The van der Waals surface area contributed by atoms with Crippen molar-refractivity contribution in [1.29, 1.82) is 0 Å². The summed E-state index contributed by atoms with van der Waals surface area (Å²) in [6.07, 6.45) is 1.93. The third-order valence-corrected chi connectivity index (χ3v) is 4.47. The zero-order valence-corrected chi connectivity index (χ0v) is 13.7. The number of hydrogen-bond acceptors (Lipinski definition) is 1. The highest BCUT2D eigenvalue weighted by Crippen LogP contribution is 2.39. The molecule has 4 aromatic rings. The Balaban J connectivity index is 2.24. The Labute approximate surface area is 138 Å². The molecule has 4 rings (SSSR count). The smallest absolute Gasteiger partial charge is 0.216 e. The molecule has 0 amide bonds. The summed E-state index contributed by atoms with van der Waals surface area (Å²) in [5.74, 6) is -0.735. The molecule has 0 aliphatic carbocycles. The van der Waals surface area contributed by atoms with E-state index in [1.165, 1.54) is 18.2 Å². The molecule has 2 heterocycles. The number of pyridine rings is 1. The molecule has 0 fully saturated rings. The lowest BCUT2D eigenvalue weighted by molar-refractivity contribution is -0.660. The van der Waals surface area contributed by atoms with Crippen LogP contribution in [0.5, 0.6) is 0 Å². The van der Waals surface area contributed by atoms with Crippen LogP contribution < -0.4 is 4.57 Å². The standard InChI is InChI=1S/C20H16F2NO/c1-11-8-13(21)10-16-18(11)19-14(22)9-12(2)17(20(19)24-16)15-6-4-5-7-23(15)3/h4-10H,1-3H3/q+1. The Morgan fingerprint density at radius 3 is 2.50 bits per heavy atom. The first-order valence-corrected chi connectivity index (χ1v) is 7.74. The maximum Gasteiger partial charge on any atom is 0.216 e. The number of benzene rings is 2. The summed E-state index contributed by atoms with van der Waals surface area (Å²) in [6.45, 7) is 3.62. The molecule has 24 heavy (non-hydrogen) atoms. The van der Waals surface area contributed by atoms with E-state index in [2.05, 4.69) is 0 Å². The van der Waals surface area contributed by atoms with Crippen LogP contribution in [-0.4, -0.2) is 0 Å². The summed E-state index contributed by atoms with van der Waals surface area (Å²) >= 11 is 0. The van der Waals surface area contributed by atoms with Gasteiger partial charge < -0.3 is 4.42 Å². The van der Waals surface area contributed by atoms with Crippen LogP contribution in [0.3, 0.4) is 0 Å². The van der Waals surface area contributed by atoms with Crippen LogP contribution in [0.1, 0.15) is 11.1 Å². The van der Waals surface area contributed by atoms with Crippen molar-refractivity contribution in [3.63, 3.8) is 0 Å². The fraction of sp³-hybridized carbons (Fsp3) is 0.150. The number of halogens is 2. The van der Waals surface area contributed by atoms with Gasteiger partial charge in [0.25, 0.3) is 0 Å². The SMILES string of the molecule is Cc1cc(F)c2c(oc3cc(F)cc(C)c32)c1-c1cccc[n+]1C. The molecule has 0 saturated carbocycles. The molecule has 2 aromatic heterocycles. The fourth-order valence-corrected chi connectivity index (χ4v) is 3.41. The van der Waals surface area contributed by atoms with Crippen LogP contribution in [0.15, 0.2) is 47.0 Å². The van der Waals surface area contributed by atoms with Gasteiger partial charge in [-0.15, -0.1) is 0 Å². The van der Waals surface area contributed by atoms with Gasteiger partial charge in [0.15, 0.2) is 11.8 Å². The second kappa shape index (κ2) is 5.13. The second-order valence-corrected chi connectivity index (χ2v) is 6.15. The topological polar surface area (TPSA) is 17.0 Å². The molecule has 4 heteroatoms. The zero-order chi connectivity index (χ0) is 17.0. The average Bonchev–Trinajstić information content (AvgIpc) is 2.88. The number of hydrogen-bond donors (Lipinski definition) is 0. The van der Waals surface area contributed by atoms with Crippen molar-refractivity contribution in [2.75, 3.05) is 0 Å². The predicted octanol–water partition coefficient (Wildman–Crippen LogP) is 4.97. The lowest BCUT2D eigenvalue weighted by Crippen LogP contribution is -2.30. The molecule has 0 aliphatic rings. The van der Waals surface area contributed by atoms with Gasteiger partial charge in [-0.3, -0.25) is 0 Å². The lowest BCUT2D eigenvalue weighted by Gasteiger charge is -2.06. The molecule has 0 saturated heterocycles. The Kier molecular flexibility index (Phi) is 3.17. The number of aryl methyl sites for hydroxylation is 3. The average molecular weight is 324 g/mol. The summed E-state index contributed by atoms with van der Waals surface area (Å²) in [5.41, 5.74) is 4.00. The number of aromatic nitrogens is 1. The molecular formula is C20H16F2NO+. The highest BCUT2D eigenvalue weighted by atomic mass is 19.1. The van der Waals surface area contributed by atoms with Crippen LogP contribution >= 0.6 is 0 Å². The van der Waals surface area contributed by atoms with Crippen LogP contribution in [0.4, 0.5) is 8.78 Å². The van der Waals surface area contributed by atoms with Crippen molar-refractivity contribution >= 4 is 21.9 Å². The van der Waals surface area contributed by atoms with E-state index >= 15 is 0 Å². The van der Waals surface area contributed by atoms with Crippen molar-refractivity contribution in [3.05, 3.63) is 65.4 Å². The highest BCUT2D eigenvalue weighted by Gasteiger charge is 2.24. The predicted molar refractivity (Wildman–Crippen MR) is 89.7 cm³/mol. The Morgan fingerprint density at radius 2 is 1.75 bits per heavy atom. The molecule has 2 aromatic carbocycles. The lowest BCUT2D eigenvalue weighted by atomic mass is 9.99. The van der Waals surface area contributed by atoms with Gasteiger partial charge in [-0.1, -0.05) is 0 Å². The molecule has 0 atom stereocenters. The van der Waals surface area contributed by atoms with Gasteiger partial charge in [0.2, 0.25) is 5.69 Å². The van der Waals surface area contributed by atoms with Gasteiger partial charge in [-0.05, 0) is 43.2 Å². The molecule has 0 radical (unpaired) electrons. The van der Waals surface area contributed by atoms with Crippen molar-refractivity contribution in [1.82, 2.24) is 0 Å². The molecule has 0 unspecified atom stereocenters. The van der Waals surface area contributed by atoms with Gasteiger partial charge in [-0.25, -0.2) is 13.3 Å². The van der Waals surface area contributed by atoms with E-state index in [1.54, 1.807) is 6.92 Å². The first-order valence-electron chi connectivity index (χ1n) is 7.74. The fourth-order valence-electron chi connectivity index (χ4n) is 3.41. The maximum atomic E-state index is 14.7. The van der Waals surface area contributed by atoms with Gasteiger partial charge in [0.05, 0.1) is 10.9 Å². The molecule has 0 aliphatic heterocycles. The number of rotatable bonds is 1. The summed E-state index contributed by atoms with van der Waals surface area (Å²) < 4.78 is 36.3. The van der Waals surface area contributed by atoms with Gasteiger partial charge in [-0.2, -0.15) is 0 Å². The van der Waals surface area contributed by atoms with Crippen molar-refractivity contribution in [3.8, 4) is 11.3 Å². The number of furan rings is 1. The first-order chi connectivity index (χ1) is 11.5. The Bertz CT molecular complexity index is 1110. The van der Waals surface area contributed by atoms with Crippen molar-refractivity contribution < 1.29 is 17.8 Å². The minimum absolute atomic E-state index is 0.349. The normalized spacial score (nSPS) is 11.5. The minimum atomic E-state index is -0.386. The third kappa shape index (κ3) is 2.03. The van der Waals surface area contributed by atoms with E-state index in [1.807, 2.05) is 42.9 Å². The van der Waals surface area contributed by atoms with E-state index in [9.17, 15) is 8.78 Å². The summed E-state index contributed by atoms with van der Waals surface area (Å²) in [4.78, 5) is 0. The van der Waals surface area contributed by atoms with Gasteiger partial charge >= 0.3 is 0 Å². The maximum absolute atomic E-state index is 14.7. The van der Waals surface area contributed by atoms with E-state index in [0.29, 0.717) is 27.5 Å². The third-order valence-electron chi connectivity index (χ3n) is 4.47. The monoisotopic (exact) mass is 324 g/mol. The summed E-state index contributed by atoms with van der Waals surface area (Å²) in [7, 11) is 1.93. The van der Waals surface area contributed by atoms with Crippen LogP contribution in [0.25, 0.3) is 33.2 Å². The molecule has 0 spiro atoms. The van der Waals surface area contributed by atoms with Crippen LogP contribution in [0.2, 0.25) is 0 Å². The van der Waals surface area contributed by atoms with Crippen LogP contribution in [-0.2, 0) is 7.05 Å². The zero-order valence-electron chi connectivity index (χ0n) is 13.7. The minimum Gasteiger partial charge on any atom is -0.455 e. The first kappa shape index (κ1) is 14.8. The number of nitrogens with zero attached hydrogens (tertiary/aromatic N) is 1.